The Bertz CT molecular complexity index is 995. The number of amides is 1. The number of aromatic nitrogens is 2. The zero-order valence-electron chi connectivity index (χ0n) is 20.0. The van der Waals surface area contributed by atoms with Crippen LogP contribution in [0.4, 0.5) is 4.79 Å². The first kappa shape index (κ1) is 23.1. The summed E-state index contributed by atoms with van der Waals surface area (Å²) < 4.78 is 18.6. The molecule has 0 atom stereocenters. The smallest absolute Gasteiger partial charge is 0.410 e. The molecule has 2 heterocycles. The van der Waals surface area contributed by atoms with Gasteiger partial charge in [0.05, 0.1) is 12.1 Å². The van der Waals surface area contributed by atoms with Crippen LogP contribution in [-0.4, -0.2) is 51.5 Å². The van der Waals surface area contributed by atoms with Crippen LogP contribution in [-0.2, 0) is 16.1 Å². The molecule has 1 aromatic heterocycles. The Morgan fingerprint density at radius 2 is 1.82 bits per heavy atom. The van der Waals surface area contributed by atoms with Crippen molar-refractivity contribution in [3.63, 3.8) is 0 Å². The molecule has 2 aromatic rings. The first-order valence-corrected chi connectivity index (χ1v) is 11.5. The Balaban J connectivity index is 1.37. The molecule has 178 valence electrons. The van der Waals surface area contributed by atoms with Gasteiger partial charge in [0, 0.05) is 24.7 Å². The van der Waals surface area contributed by atoms with Crippen LogP contribution in [0.2, 0.25) is 0 Å². The lowest BCUT2D eigenvalue weighted by Crippen LogP contribution is -2.64. The molecule has 1 saturated heterocycles. The van der Waals surface area contributed by atoms with E-state index in [2.05, 4.69) is 5.10 Å². The number of hydrogen-bond donors (Lipinski definition) is 0. The predicted molar refractivity (Wildman–Crippen MR) is 122 cm³/mol. The maximum atomic E-state index is 12.8. The summed E-state index contributed by atoms with van der Waals surface area (Å²) in [4.78, 5) is 26.8. The van der Waals surface area contributed by atoms with Crippen molar-refractivity contribution >= 4 is 12.1 Å². The number of ether oxygens (including phenoxy) is 3. The summed E-state index contributed by atoms with van der Waals surface area (Å²) in [5.41, 5.74) is 0.880. The third-order valence-electron chi connectivity index (χ3n) is 5.89. The van der Waals surface area contributed by atoms with Crippen LogP contribution < -0.4 is 4.74 Å². The number of hydrogen-bond acceptors (Lipinski definition) is 6. The molecule has 1 spiro atoms. The molecule has 0 bridgehead atoms. The Kier molecular flexibility index (Phi) is 6.12. The van der Waals surface area contributed by atoms with Crippen molar-refractivity contribution in [3.05, 3.63) is 47.7 Å². The lowest BCUT2D eigenvalue weighted by Gasteiger charge is -2.58. The van der Waals surface area contributed by atoms with E-state index >= 15 is 0 Å². The fourth-order valence-electron chi connectivity index (χ4n) is 4.42. The molecule has 1 amide bonds. The maximum Gasteiger partial charge on any atom is 0.410 e. The zero-order chi connectivity index (χ0) is 23.8. The van der Waals surface area contributed by atoms with Crippen LogP contribution in [0.1, 0.15) is 69.4 Å². The number of carbonyl (C=O) groups excluding carboxylic acids is 2. The monoisotopic (exact) mass is 455 g/mol. The molecule has 0 unspecified atom stereocenters. The molecule has 8 heteroatoms. The molecule has 1 aliphatic carbocycles. The van der Waals surface area contributed by atoms with Gasteiger partial charge in [0.1, 0.15) is 17.8 Å². The van der Waals surface area contributed by atoms with E-state index < -0.39 is 11.6 Å². The van der Waals surface area contributed by atoms with Gasteiger partial charge in [0.15, 0.2) is 0 Å². The van der Waals surface area contributed by atoms with Crippen LogP contribution in [0.5, 0.6) is 5.88 Å². The predicted octanol–water partition coefficient (Wildman–Crippen LogP) is 4.60. The Morgan fingerprint density at radius 1 is 1.15 bits per heavy atom. The van der Waals surface area contributed by atoms with Gasteiger partial charge in [-0.15, -0.1) is 5.10 Å². The van der Waals surface area contributed by atoms with Crippen LogP contribution in [0.3, 0.4) is 0 Å². The van der Waals surface area contributed by atoms with Gasteiger partial charge in [-0.25, -0.2) is 9.59 Å². The van der Waals surface area contributed by atoms with Crippen molar-refractivity contribution in [2.24, 2.45) is 5.41 Å². The SMILES string of the molecule is CC(C)Oc1nn(C2CC3(C2)CN(C(=O)OC(C)(C)C)C3)cc1C(=O)OCc1ccccc1. The van der Waals surface area contributed by atoms with E-state index in [0.717, 1.165) is 18.4 Å². The van der Waals surface area contributed by atoms with E-state index in [4.69, 9.17) is 14.2 Å². The first-order valence-electron chi connectivity index (χ1n) is 11.5. The van der Waals surface area contributed by atoms with Gasteiger partial charge >= 0.3 is 12.1 Å². The van der Waals surface area contributed by atoms with Crippen molar-refractivity contribution in [1.82, 2.24) is 14.7 Å². The summed E-state index contributed by atoms with van der Waals surface area (Å²) in [7, 11) is 0. The van der Waals surface area contributed by atoms with Gasteiger partial charge in [0.2, 0.25) is 5.88 Å². The molecule has 1 saturated carbocycles. The van der Waals surface area contributed by atoms with Crippen LogP contribution in [0.25, 0.3) is 0 Å². The zero-order valence-corrected chi connectivity index (χ0v) is 20.0. The molecule has 33 heavy (non-hydrogen) atoms. The van der Waals surface area contributed by atoms with E-state index in [9.17, 15) is 9.59 Å². The summed E-state index contributed by atoms with van der Waals surface area (Å²) >= 11 is 0. The quantitative estimate of drug-likeness (QED) is 0.592. The largest absolute Gasteiger partial charge is 0.473 e. The molecule has 2 fully saturated rings. The standard InChI is InChI=1S/C25H33N3O5/c1-17(2)32-21-20(22(29)31-14-18-9-7-6-8-10-18)13-28(26-21)19-11-25(12-19)15-27(16-25)23(30)33-24(3,4)5/h6-10,13,17,19H,11-12,14-16H2,1-5H3. The highest BCUT2D eigenvalue weighted by Crippen LogP contribution is 2.54. The van der Waals surface area contributed by atoms with Crippen LogP contribution >= 0.6 is 0 Å². The number of benzene rings is 1. The summed E-state index contributed by atoms with van der Waals surface area (Å²) in [6, 6.07) is 9.72. The molecule has 2 aliphatic rings. The minimum atomic E-state index is -0.491. The second-order valence-electron chi connectivity index (χ2n) is 10.5. The van der Waals surface area contributed by atoms with E-state index in [1.54, 1.807) is 11.1 Å². The van der Waals surface area contributed by atoms with Gasteiger partial charge in [-0.05, 0) is 53.0 Å². The molecule has 0 N–H and O–H groups in total. The van der Waals surface area contributed by atoms with E-state index in [1.165, 1.54) is 0 Å². The molecular formula is C25H33N3O5. The van der Waals surface area contributed by atoms with Crippen LogP contribution in [0.15, 0.2) is 36.5 Å². The Morgan fingerprint density at radius 3 is 2.42 bits per heavy atom. The van der Waals surface area contributed by atoms with E-state index in [0.29, 0.717) is 24.5 Å². The fraction of sp³-hybridized carbons (Fsp3) is 0.560. The van der Waals surface area contributed by atoms with Gasteiger partial charge in [-0.2, -0.15) is 0 Å². The number of carbonyl (C=O) groups is 2. The van der Waals surface area contributed by atoms with Crippen molar-refractivity contribution in [2.45, 2.75) is 71.8 Å². The molecular weight excluding hydrogens is 422 g/mol. The fourth-order valence-corrected chi connectivity index (χ4v) is 4.42. The van der Waals surface area contributed by atoms with Gasteiger partial charge in [-0.1, -0.05) is 30.3 Å². The van der Waals surface area contributed by atoms with E-state index in [-0.39, 0.29) is 30.3 Å². The Labute approximate surface area is 194 Å². The van der Waals surface area contributed by atoms with E-state index in [1.807, 2.05) is 69.6 Å². The summed E-state index contributed by atoms with van der Waals surface area (Å²) in [6.07, 6.45) is 3.15. The average Bonchev–Trinajstić information content (AvgIpc) is 3.06. The number of nitrogens with zero attached hydrogens (tertiary/aromatic N) is 3. The van der Waals surface area contributed by atoms with Crippen molar-refractivity contribution in [2.75, 3.05) is 13.1 Å². The second kappa shape index (κ2) is 8.72. The lowest BCUT2D eigenvalue weighted by atomic mass is 9.61. The van der Waals surface area contributed by atoms with Crippen molar-refractivity contribution in [3.8, 4) is 5.88 Å². The number of rotatable bonds is 6. The van der Waals surface area contributed by atoms with Gasteiger partial charge < -0.3 is 19.1 Å². The Hall–Kier alpha value is -3.03. The summed E-state index contributed by atoms with van der Waals surface area (Å²) in [5, 5.41) is 4.56. The minimum absolute atomic E-state index is 0.112. The topological polar surface area (TPSA) is 82.9 Å². The highest BCUT2D eigenvalue weighted by molar-refractivity contribution is 5.91. The lowest BCUT2D eigenvalue weighted by molar-refractivity contribution is -0.0929. The average molecular weight is 456 g/mol. The highest BCUT2D eigenvalue weighted by atomic mass is 16.6. The molecule has 4 rings (SSSR count). The number of esters is 1. The third kappa shape index (κ3) is 5.31. The maximum absolute atomic E-state index is 12.8. The summed E-state index contributed by atoms with van der Waals surface area (Å²) in [5.74, 6) is -0.150. The normalized spacial score (nSPS) is 17.5. The molecule has 0 radical (unpaired) electrons. The first-order chi connectivity index (χ1) is 15.5. The van der Waals surface area contributed by atoms with Crippen LogP contribution in [0, 0.1) is 5.41 Å². The van der Waals surface area contributed by atoms with Gasteiger partial charge in [-0.3, -0.25) is 4.68 Å². The highest BCUT2D eigenvalue weighted by Gasteiger charge is 2.55. The minimum Gasteiger partial charge on any atom is -0.473 e. The summed E-state index contributed by atoms with van der Waals surface area (Å²) in [6.45, 7) is 11.0. The molecule has 1 aliphatic heterocycles. The van der Waals surface area contributed by atoms with Gasteiger partial charge in [0.25, 0.3) is 0 Å². The van der Waals surface area contributed by atoms with Crippen molar-refractivity contribution in [1.29, 1.82) is 0 Å². The van der Waals surface area contributed by atoms with Crippen molar-refractivity contribution < 1.29 is 23.8 Å². The number of likely N-dealkylation sites (tertiary alicyclic amines) is 1. The molecule has 1 aromatic carbocycles. The second-order valence-corrected chi connectivity index (χ2v) is 10.5. The molecule has 8 nitrogen and oxygen atoms in total. The third-order valence-corrected chi connectivity index (χ3v) is 5.89.